The number of imidazole rings is 2. The lowest BCUT2D eigenvalue weighted by molar-refractivity contribution is -0.130. The molecule has 18 nitrogen and oxygen atoms in total. The molecule has 17 rings (SSSR count). The number of hydrogen-bond acceptors (Lipinski definition) is 11. The van der Waals surface area contributed by atoms with Gasteiger partial charge in [-0.25, -0.2) is 39.9 Å². The molecule has 576 valence electrons. The zero-order valence-electron chi connectivity index (χ0n) is 68.7. The van der Waals surface area contributed by atoms with Crippen molar-refractivity contribution in [1.29, 1.82) is 0 Å². The molecule has 2 aromatic carbocycles. The highest BCUT2D eigenvalue weighted by atomic mass is 16.5. The minimum Gasteiger partial charge on any atom is -0.381 e. The molecule has 108 heavy (non-hydrogen) atoms. The Bertz CT molecular complexity index is 4800. The third kappa shape index (κ3) is 18.5. The molecule has 5 aliphatic rings. The largest absolute Gasteiger partial charge is 0.381 e. The predicted octanol–water partition coefficient (Wildman–Crippen LogP) is 20.7. The van der Waals surface area contributed by atoms with Crippen LogP contribution >= 0.6 is 0 Å². The van der Waals surface area contributed by atoms with E-state index in [1.54, 1.807) is 6.92 Å². The van der Waals surface area contributed by atoms with Crippen molar-refractivity contribution in [2.75, 3.05) is 39.5 Å². The van der Waals surface area contributed by atoms with Crippen molar-refractivity contribution in [1.82, 2.24) is 72.0 Å². The number of hydrogen-bond donors (Lipinski definition) is 0. The smallest absolute Gasteiger partial charge is 0.219 e. The van der Waals surface area contributed by atoms with Crippen LogP contribution < -0.4 is 0 Å². The van der Waals surface area contributed by atoms with E-state index in [2.05, 4.69) is 287 Å². The van der Waals surface area contributed by atoms with E-state index in [4.69, 9.17) is 24.4 Å². The Hall–Kier alpha value is -8.61. The molecule has 0 atom stereocenters. The molecule has 2 saturated carbocycles. The summed E-state index contributed by atoms with van der Waals surface area (Å²) in [7, 11) is 0. The molecule has 12 aromatic rings. The van der Waals surface area contributed by atoms with Crippen LogP contribution in [0.2, 0.25) is 0 Å². The number of nitrogens with zero attached hydrogens (tertiary/aromatic N) is 15. The van der Waals surface area contributed by atoms with Crippen molar-refractivity contribution >= 4 is 66.6 Å². The van der Waals surface area contributed by atoms with Crippen LogP contribution in [0, 0.1) is 6.92 Å². The summed E-state index contributed by atoms with van der Waals surface area (Å²) in [5.41, 5.74) is 15.1. The van der Waals surface area contributed by atoms with E-state index in [-0.39, 0.29) is 38.4 Å². The molecular formula is C90H123N15O3. The van der Waals surface area contributed by atoms with Gasteiger partial charge in [0.25, 0.3) is 0 Å². The van der Waals surface area contributed by atoms with Gasteiger partial charge >= 0.3 is 0 Å². The van der Waals surface area contributed by atoms with Gasteiger partial charge in [0.2, 0.25) is 5.91 Å². The molecule has 10 aromatic heterocycles. The zero-order chi connectivity index (χ0) is 77.3. The van der Waals surface area contributed by atoms with Gasteiger partial charge in [-0.1, -0.05) is 162 Å². The summed E-state index contributed by atoms with van der Waals surface area (Å²) in [5.74, 6) is 2.93. The van der Waals surface area contributed by atoms with E-state index in [1.807, 2.05) is 36.1 Å². The molecule has 13 heterocycles. The van der Waals surface area contributed by atoms with Crippen LogP contribution in [0.4, 0.5) is 0 Å². The van der Waals surface area contributed by atoms with Crippen molar-refractivity contribution in [2.45, 2.75) is 278 Å². The number of carbonyl (C=O) groups excluding carboxylic acids is 1. The molecule has 1 amide bonds. The Morgan fingerprint density at radius 1 is 0.398 bits per heavy atom. The van der Waals surface area contributed by atoms with Gasteiger partial charge in [-0.15, -0.1) is 0 Å². The number of rotatable bonds is 5. The van der Waals surface area contributed by atoms with Gasteiger partial charge in [0, 0.05) is 144 Å². The van der Waals surface area contributed by atoms with Crippen LogP contribution in [-0.2, 0) is 46.8 Å². The van der Waals surface area contributed by atoms with Gasteiger partial charge < -0.3 is 41.6 Å². The number of fused-ring (bicyclic) bond motifs is 6. The highest BCUT2D eigenvalue weighted by molar-refractivity contribution is 5.79. The van der Waals surface area contributed by atoms with Gasteiger partial charge in [-0.3, -0.25) is 4.79 Å². The molecule has 2 aliphatic carbocycles. The quantitative estimate of drug-likeness (QED) is 0.161. The fourth-order valence-electron chi connectivity index (χ4n) is 14.9. The molecule has 3 saturated heterocycles. The topological polar surface area (TPSA) is 171 Å². The molecule has 3 aliphatic heterocycles. The average Bonchev–Trinajstić information content (AvgIpc) is 1.66. The Morgan fingerprint density at radius 2 is 0.787 bits per heavy atom. The third-order valence-electron chi connectivity index (χ3n) is 22.3. The first-order chi connectivity index (χ1) is 51.1. The number of aromatic nitrogens is 14. The first kappa shape index (κ1) is 79.0. The van der Waals surface area contributed by atoms with Gasteiger partial charge in [-0.2, -0.15) is 0 Å². The molecule has 18 heteroatoms. The second-order valence-corrected chi connectivity index (χ2v) is 37.1. The second-order valence-electron chi connectivity index (χ2n) is 37.1. The van der Waals surface area contributed by atoms with Gasteiger partial charge in [-0.05, 0) is 158 Å². The number of likely N-dealkylation sites (tertiary alicyclic amines) is 1. The number of amides is 1. The van der Waals surface area contributed by atoms with Gasteiger partial charge in [0.15, 0.2) is 0 Å². The lowest BCUT2D eigenvalue weighted by atomic mass is 9.87. The van der Waals surface area contributed by atoms with Gasteiger partial charge in [0.05, 0.1) is 54.0 Å². The first-order valence-corrected chi connectivity index (χ1v) is 40.0. The van der Waals surface area contributed by atoms with Crippen molar-refractivity contribution in [3.05, 3.63) is 175 Å². The number of piperidine rings is 1. The summed E-state index contributed by atoms with van der Waals surface area (Å²) in [6.07, 6.45) is 33.2. The summed E-state index contributed by atoms with van der Waals surface area (Å²) >= 11 is 0. The third-order valence-corrected chi connectivity index (χ3v) is 22.3. The molecule has 0 spiro atoms. The first-order valence-electron chi connectivity index (χ1n) is 40.0. The van der Waals surface area contributed by atoms with Crippen LogP contribution in [0.3, 0.4) is 0 Å². The van der Waals surface area contributed by atoms with Crippen LogP contribution in [0.1, 0.15) is 279 Å². The Morgan fingerprint density at radius 3 is 1.17 bits per heavy atom. The maximum absolute atomic E-state index is 11.5. The van der Waals surface area contributed by atoms with E-state index in [1.165, 1.54) is 95.7 Å². The van der Waals surface area contributed by atoms with Crippen molar-refractivity contribution in [3.8, 4) is 0 Å². The maximum atomic E-state index is 11.5. The summed E-state index contributed by atoms with van der Waals surface area (Å²) in [6, 6.07) is 31.0. The van der Waals surface area contributed by atoms with Crippen LogP contribution in [0.15, 0.2) is 135 Å². The van der Waals surface area contributed by atoms with E-state index >= 15 is 0 Å². The highest BCUT2D eigenvalue weighted by Crippen LogP contribution is 2.38. The fourth-order valence-corrected chi connectivity index (χ4v) is 14.9. The van der Waals surface area contributed by atoms with Gasteiger partial charge in [0.1, 0.15) is 34.4 Å². The van der Waals surface area contributed by atoms with E-state index in [0.29, 0.717) is 30.2 Å². The average molecular weight is 1460 g/mol. The summed E-state index contributed by atoms with van der Waals surface area (Å²) in [5, 5.41) is 3.41. The Kier molecular flexibility index (Phi) is 23.5. The maximum Gasteiger partial charge on any atom is 0.219 e. The number of ether oxygens (including phenoxy) is 2. The summed E-state index contributed by atoms with van der Waals surface area (Å²) in [6.45, 7) is 48.4. The van der Waals surface area contributed by atoms with Crippen LogP contribution in [0.25, 0.3) is 60.7 Å². The Balaban J connectivity index is 0.000000122. The molecule has 0 bridgehead atoms. The van der Waals surface area contributed by atoms with Crippen LogP contribution in [-0.4, -0.2) is 117 Å². The number of pyridine rings is 1. The second kappa shape index (κ2) is 32.1. The fraction of sp³-hybridized carbons (Fsp3) is 0.544. The SMILES string of the molecule is CC(=O)N1CCC(n2ccc3cnc(C(C)(C)C)nc32)CC1.CC(C)(C)c1ccc2ncn(C3CCOCC3)c2c1.CC(C)(C)c1ccc2ncn(C3COC3)c2c1.CC(C)(C)c1ncc2ccn(C3CCC3)c2n1.CC(C)(C)c1ncc2ccn(C3CCCCC3)c2n1.Cc1ccc2ccc(C(C)(C)C)cn12. The molecule has 0 N–H and O–H groups in total. The predicted molar refractivity (Wildman–Crippen MR) is 441 cm³/mol. The van der Waals surface area contributed by atoms with E-state index in [0.717, 1.165) is 121 Å². The summed E-state index contributed by atoms with van der Waals surface area (Å²) < 4.78 is 24.5. The van der Waals surface area contributed by atoms with E-state index < -0.39 is 0 Å². The summed E-state index contributed by atoms with van der Waals surface area (Å²) in [4.78, 5) is 50.3. The zero-order valence-corrected chi connectivity index (χ0v) is 68.7. The lowest BCUT2D eigenvalue weighted by Gasteiger charge is -2.32. The monoisotopic (exact) mass is 1460 g/mol. The standard InChI is InChI=1S/C17H24N4O.C16H23N3.C16H22N2O.C14H19N3.C14H18N2O.C13H17N/c1-12(22)20-8-6-14(7-9-20)21-10-5-13-11-18-16(17(2,3)4)19-15(13)21;1-16(2,3)15-17-11-12-9-10-19(14(12)18-15)13-7-5-4-6-8-13;1-16(2,3)12-4-5-14-15(10-12)18(11-17-14)13-6-8-19-9-7-13;1-14(2,3)13-15-9-10-7-8-17(12(10)16-13)11-5-4-6-11;1-14(2,3)10-4-5-12-13(6-10)16(9-15-12)11-7-17-8-11;1-10-5-7-12-8-6-11(9-14(10)12)13(2,3)4/h5,10-11,14H,6-9H2,1-4H3;9-11,13H,4-8H2,1-3H3;4-5,10-11,13H,6-9H2,1-3H3;7-9,11H,4-6H2,1-3H3;4-6,9,11H,7-8H2,1-3H3;5-9H,1-4H3. The molecular weight excluding hydrogens is 1340 g/mol. The van der Waals surface area contributed by atoms with Crippen molar-refractivity contribution in [2.24, 2.45) is 0 Å². The molecule has 5 fully saturated rings. The van der Waals surface area contributed by atoms with Crippen LogP contribution in [0.5, 0.6) is 0 Å². The van der Waals surface area contributed by atoms with Crippen molar-refractivity contribution in [3.63, 3.8) is 0 Å². The normalized spacial score (nSPS) is 16.9. The highest BCUT2D eigenvalue weighted by Gasteiger charge is 2.29. The van der Waals surface area contributed by atoms with Crippen molar-refractivity contribution < 1.29 is 14.3 Å². The minimum absolute atomic E-state index is 0.00978. The Labute approximate surface area is 641 Å². The van der Waals surface area contributed by atoms with E-state index in [9.17, 15) is 4.79 Å². The molecule has 0 unspecified atom stereocenters. The lowest BCUT2D eigenvalue weighted by Crippen LogP contribution is -2.37. The number of aryl methyl sites for hydroxylation is 1. The minimum atomic E-state index is -0.0543. The number of carbonyl (C=O) groups is 1. The molecule has 0 radical (unpaired) electrons. The number of benzene rings is 2.